The number of carbonyl (C=O) groups excluding carboxylic acids is 1. The SMILES string of the molecule is NC(=O)N/N=C/c1c(-c2ccccc2)no[n+]1[O-]. The summed E-state index contributed by atoms with van der Waals surface area (Å²) in [6.07, 6.45) is 1.11. The molecule has 92 valence electrons. The third kappa shape index (κ3) is 2.43. The van der Waals surface area contributed by atoms with Gasteiger partial charge in [-0.25, -0.2) is 10.2 Å². The van der Waals surface area contributed by atoms with Gasteiger partial charge in [-0.1, -0.05) is 30.3 Å². The molecule has 8 heteroatoms. The Balaban J connectivity index is 2.33. The monoisotopic (exact) mass is 247 g/mol. The molecule has 0 saturated heterocycles. The predicted molar refractivity (Wildman–Crippen MR) is 61.2 cm³/mol. The number of hydrogen-bond acceptors (Lipinski definition) is 5. The Morgan fingerprint density at radius 1 is 1.50 bits per heavy atom. The fraction of sp³-hybridized carbons (Fsp3) is 0. The van der Waals surface area contributed by atoms with E-state index in [4.69, 9.17) is 5.73 Å². The molecule has 0 atom stereocenters. The molecule has 2 amide bonds. The number of urea groups is 1. The van der Waals surface area contributed by atoms with Crippen LogP contribution in [0.5, 0.6) is 0 Å². The van der Waals surface area contributed by atoms with Gasteiger partial charge in [-0.15, -0.1) is 0 Å². The molecule has 0 radical (unpaired) electrons. The zero-order valence-electron chi connectivity index (χ0n) is 9.11. The van der Waals surface area contributed by atoms with Crippen LogP contribution in [0.4, 0.5) is 4.79 Å². The van der Waals surface area contributed by atoms with E-state index in [-0.39, 0.29) is 10.6 Å². The van der Waals surface area contributed by atoms with Crippen LogP contribution in [0.3, 0.4) is 0 Å². The number of hydrazone groups is 1. The Labute approximate surface area is 101 Å². The van der Waals surface area contributed by atoms with Crippen LogP contribution in [0.2, 0.25) is 0 Å². The molecular formula is C10H9N5O3. The van der Waals surface area contributed by atoms with E-state index in [1.807, 2.05) is 11.5 Å². The van der Waals surface area contributed by atoms with Crippen LogP contribution in [-0.4, -0.2) is 17.4 Å². The number of amides is 2. The Morgan fingerprint density at radius 2 is 2.22 bits per heavy atom. The van der Waals surface area contributed by atoms with Crippen LogP contribution in [-0.2, 0) is 0 Å². The van der Waals surface area contributed by atoms with E-state index >= 15 is 0 Å². The minimum absolute atomic E-state index is 0.0648. The lowest BCUT2D eigenvalue weighted by atomic mass is 10.1. The maximum atomic E-state index is 11.3. The Hall–Kier alpha value is -2.90. The second-order valence-corrected chi connectivity index (χ2v) is 3.26. The summed E-state index contributed by atoms with van der Waals surface area (Å²) in [6, 6.07) is 8.11. The smallest absolute Gasteiger partial charge is 0.332 e. The first-order valence-electron chi connectivity index (χ1n) is 4.92. The van der Waals surface area contributed by atoms with E-state index in [9.17, 15) is 10.0 Å². The lowest BCUT2D eigenvalue weighted by Gasteiger charge is -1.93. The van der Waals surface area contributed by atoms with Crippen LogP contribution in [0.1, 0.15) is 5.69 Å². The number of rotatable bonds is 3. The lowest BCUT2D eigenvalue weighted by molar-refractivity contribution is -0.803. The van der Waals surface area contributed by atoms with Crippen molar-refractivity contribution in [2.45, 2.75) is 0 Å². The minimum atomic E-state index is -0.832. The Morgan fingerprint density at radius 3 is 2.89 bits per heavy atom. The molecule has 0 aliphatic carbocycles. The molecule has 0 bridgehead atoms. The average Bonchev–Trinajstić information content (AvgIpc) is 2.72. The van der Waals surface area contributed by atoms with Gasteiger partial charge in [0, 0.05) is 10.7 Å². The molecule has 2 aromatic rings. The quantitative estimate of drug-likeness (QED) is 0.449. The maximum Gasteiger partial charge on any atom is 0.332 e. The number of hydrogen-bond donors (Lipinski definition) is 2. The number of primary amides is 1. The number of nitrogens with zero attached hydrogens (tertiary/aromatic N) is 3. The van der Waals surface area contributed by atoms with Gasteiger partial charge >= 0.3 is 6.03 Å². The van der Waals surface area contributed by atoms with Gasteiger partial charge in [0.05, 0.1) is 0 Å². The van der Waals surface area contributed by atoms with E-state index in [1.165, 1.54) is 0 Å². The molecular weight excluding hydrogens is 238 g/mol. The highest BCUT2D eigenvalue weighted by Gasteiger charge is 2.18. The Kier molecular flexibility index (Phi) is 3.19. The van der Waals surface area contributed by atoms with Crippen molar-refractivity contribution in [3.8, 4) is 11.3 Å². The maximum absolute atomic E-state index is 11.3. The van der Waals surface area contributed by atoms with E-state index in [0.717, 1.165) is 6.21 Å². The second-order valence-electron chi connectivity index (χ2n) is 3.26. The van der Waals surface area contributed by atoms with Crippen LogP contribution < -0.4 is 16.1 Å². The van der Waals surface area contributed by atoms with Crippen molar-refractivity contribution in [2.24, 2.45) is 10.8 Å². The molecule has 0 saturated carbocycles. The van der Waals surface area contributed by atoms with Crippen molar-refractivity contribution in [3.05, 3.63) is 41.2 Å². The molecule has 0 fully saturated rings. The molecule has 2 rings (SSSR count). The summed E-state index contributed by atoms with van der Waals surface area (Å²) in [5.41, 5.74) is 7.88. The molecule has 3 N–H and O–H groups in total. The van der Waals surface area contributed by atoms with Gasteiger partial charge in [0.15, 0.2) is 0 Å². The Bertz CT molecular complexity index is 578. The van der Waals surface area contributed by atoms with Crippen molar-refractivity contribution >= 4 is 12.2 Å². The standard InChI is InChI=1S/C10H9N5O3/c11-10(16)13-12-6-8-9(14-18-15(8)17)7-4-2-1-3-5-7/h1-6H,(H3,11,13,16)/b12-6+. The average molecular weight is 247 g/mol. The van der Waals surface area contributed by atoms with E-state index in [0.29, 0.717) is 11.3 Å². The fourth-order valence-electron chi connectivity index (χ4n) is 1.32. The number of nitrogens with two attached hydrogens (primary N) is 1. The normalized spacial score (nSPS) is 10.7. The first kappa shape index (κ1) is 11.6. The molecule has 1 aromatic heterocycles. The third-order valence-electron chi connectivity index (χ3n) is 2.05. The van der Waals surface area contributed by atoms with Crippen LogP contribution >= 0.6 is 0 Å². The first-order chi connectivity index (χ1) is 8.68. The first-order valence-corrected chi connectivity index (χ1v) is 4.92. The van der Waals surface area contributed by atoms with Crippen molar-refractivity contribution < 1.29 is 14.3 Å². The third-order valence-corrected chi connectivity index (χ3v) is 2.05. The molecule has 0 aliphatic rings. The molecule has 1 aromatic carbocycles. The summed E-state index contributed by atoms with van der Waals surface area (Å²) in [5.74, 6) is 0. The molecule has 0 aliphatic heterocycles. The second kappa shape index (κ2) is 4.95. The highest BCUT2D eigenvalue weighted by Crippen LogP contribution is 2.17. The predicted octanol–water partition coefficient (Wildman–Crippen LogP) is -0.0228. The van der Waals surface area contributed by atoms with Crippen molar-refractivity contribution in [3.63, 3.8) is 0 Å². The molecule has 0 spiro atoms. The lowest BCUT2D eigenvalue weighted by Crippen LogP contribution is -2.29. The molecule has 0 unspecified atom stereocenters. The minimum Gasteiger partial charge on any atom is -0.359 e. The van der Waals surface area contributed by atoms with E-state index in [1.54, 1.807) is 24.3 Å². The zero-order valence-corrected chi connectivity index (χ0v) is 9.11. The number of benzene rings is 1. The van der Waals surface area contributed by atoms with E-state index < -0.39 is 6.03 Å². The summed E-state index contributed by atoms with van der Waals surface area (Å²) < 4.78 is 4.48. The largest absolute Gasteiger partial charge is 0.359 e. The fourth-order valence-corrected chi connectivity index (χ4v) is 1.32. The molecule has 18 heavy (non-hydrogen) atoms. The van der Waals surface area contributed by atoms with E-state index in [2.05, 4.69) is 14.9 Å². The number of carbonyl (C=O) groups is 1. The summed E-state index contributed by atoms with van der Waals surface area (Å²) in [4.78, 5) is 10.6. The van der Waals surface area contributed by atoms with Crippen molar-refractivity contribution in [2.75, 3.05) is 0 Å². The van der Waals surface area contributed by atoms with Crippen LogP contribution in [0, 0.1) is 5.21 Å². The van der Waals surface area contributed by atoms with Crippen LogP contribution in [0.15, 0.2) is 40.1 Å². The molecule has 1 heterocycles. The highest BCUT2D eigenvalue weighted by molar-refractivity contribution is 5.85. The van der Waals surface area contributed by atoms with Gasteiger partial charge in [-0.2, -0.15) is 5.10 Å². The highest BCUT2D eigenvalue weighted by atomic mass is 16.8. The van der Waals surface area contributed by atoms with Crippen molar-refractivity contribution in [1.82, 2.24) is 10.6 Å². The zero-order chi connectivity index (χ0) is 13.0. The van der Waals surface area contributed by atoms with Gasteiger partial charge < -0.3 is 10.9 Å². The topological polar surface area (TPSA) is 120 Å². The summed E-state index contributed by atoms with van der Waals surface area (Å²) in [6.45, 7) is 0. The van der Waals surface area contributed by atoms with Crippen molar-refractivity contribution in [1.29, 1.82) is 0 Å². The molecule has 8 nitrogen and oxygen atoms in total. The number of nitrogens with one attached hydrogen (secondary N) is 1. The van der Waals surface area contributed by atoms with Gasteiger partial charge in [-0.3, -0.25) is 4.63 Å². The van der Waals surface area contributed by atoms with Gasteiger partial charge in [-0.05, 0) is 4.90 Å². The van der Waals surface area contributed by atoms with Gasteiger partial charge in [0.2, 0.25) is 5.69 Å². The van der Waals surface area contributed by atoms with Gasteiger partial charge in [0.25, 0.3) is 5.69 Å². The van der Waals surface area contributed by atoms with Gasteiger partial charge in [0.1, 0.15) is 6.21 Å². The summed E-state index contributed by atoms with van der Waals surface area (Å²) in [7, 11) is 0. The number of aromatic nitrogens is 2. The summed E-state index contributed by atoms with van der Waals surface area (Å²) in [5, 5.41) is 18.5. The van der Waals surface area contributed by atoms with Crippen LogP contribution in [0.25, 0.3) is 11.3 Å². The summed E-state index contributed by atoms with van der Waals surface area (Å²) >= 11 is 0.